The molecule has 7 heteroatoms. The Bertz CT molecular complexity index is 888. The zero-order chi connectivity index (χ0) is 18.6. The van der Waals surface area contributed by atoms with E-state index in [-0.39, 0.29) is 5.78 Å². The average Bonchev–Trinajstić information content (AvgIpc) is 2.53. The van der Waals surface area contributed by atoms with E-state index >= 15 is 0 Å². The maximum Gasteiger partial charge on any atom is 0.338 e. The van der Waals surface area contributed by atoms with E-state index in [9.17, 15) is 18.0 Å². The Morgan fingerprint density at radius 1 is 1.04 bits per heavy atom. The van der Waals surface area contributed by atoms with Crippen LogP contribution >= 0.6 is 0 Å². The van der Waals surface area contributed by atoms with Crippen LogP contribution in [0.5, 0.6) is 0 Å². The summed E-state index contributed by atoms with van der Waals surface area (Å²) in [7, 11) is -3.38. The number of carbonyl (C=O) groups is 2. The predicted molar refractivity (Wildman–Crippen MR) is 95.3 cm³/mol. The van der Waals surface area contributed by atoms with E-state index in [0.29, 0.717) is 16.8 Å². The molecule has 0 saturated carbocycles. The van der Waals surface area contributed by atoms with Crippen LogP contribution in [0.2, 0.25) is 0 Å². The van der Waals surface area contributed by atoms with Crippen LogP contribution in [-0.4, -0.2) is 32.5 Å². The fraction of sp³-hybridized carbons (Fsp3) is 0.222. The average molecular weight is 361 g/mol. The van der Waals surface area contributed by atoms with Crippen molar-refractivity contribution >= 4 is 27.5 Å². The Labute approximate surface area is 146 Å². The number of rotatable bonds is 6. The predicted octanol–water partition coefficient (Wildman–Crippen LogP) is 2.79. The Morgan fingerprint density at radius 3 is 2.24 bits per heavy atom. The van der Waals surface area contributed by atoms with Gasteiger partial charge in [0.1, 0.15) is 0 Å². The van der Waals surface area contributed by atoms with Gasteiger partial charge in [0.25, 0.3) is 0 Å². The normalized spacial score (nSPS) is 12.3. The minimum Gasteiger partial charge on any atom is -0.451 e. The first kappa shape index (κ1) is 18.7. The van der Waals surface area contributed by atoms with Crippen LogP contribution < -0.4 is 4.72 Å². The van der Waals surface area contributed by atoms with Crippen molar-refractivity contribution in [2.45, 2.75) is 20.0 Å². The quantitative estimate of drug-likeness (QED) is 0.631. The molecule has 0 fully saturated rings. The summed E-state index contributed by atoms with van der Waals surface area (Å²) in [6, 6.07) is 12.8. The van der Waals surface area contributed by atoms with Crippen LogP contribution in [-0.2, 0) is 14.8 Å². The van der Waals surface area contributed by atoms with Gasteiger partial charge in [-0.05, 0) is 50.2 Å². The Hall–Kier alpha value is -2.67. The van der Waals surface area contributed by atoms with E-state index in [2.05, 4.69) is 4.72 Å². The summed E-state index contributed by atoms with van der Waals surface area (Å²) in [6.07, 6.45) is 0.0838. The summed E-state index contributed by atoms with van der Waals surface area (Å²) in [5.41, 5.74) is 1.97. The number of hydrogen-bond acceptors (Lipinski definition) is 5. The highest BCUT2D eigenvalue weighted by atomic mass is 32.2. The number of sulfonamides is 1. The summed E-state index contributed by atoms with van der Waals surface area (Å²) in [5.74, 6) is -0.938. The molecule has 25 heavy (non-hydrogen) atoms. The number of nitrogens with one attached hydrogen (secondary N) is 1. The monoisotopic (exact) mass is 361 g/mol. The number of aryl methyl sites for hydroxylation is 1. The van der Waals surface area contributed by atoms with Gasteiger partial charge >= 0.3 is 5.97 Å². The highest BCUT2D eigenvalue weighted by molar-refractivity contribution is 7.92. The number of carbonyl (C=O) groups excluding carboxylic acids is 2. The van der Waals surface area contributed by atoms with Crippen molar-refractivity contribution in [1.29, 1.82) is 0 Å². The molecule has 0 heterocycles. The van der Waals surface area contributed by atoms with Gasteiger partial charge in [-0.3, -0.25) is 9.52 Å². The third-order valence-corrected chi connectivity index (χ3v) is 3.99. The molecule has 1 atom stereocenters. The zero-order valence-electron chi connectivity index (χ0n) is 14.1. The molecule has 1 N–H and O–H groups in total. The molecule has 1 unspecified atom stereocenters. The van der Waals surface area contributed by atoms with Crippen molar-refractivity contribution in [2.24, 2.45) is 0 Å². The molecular weight excluding hydrogens is 342 g/mol. The topological polar surface area (TPSA) is 89.5 Å². The van der Waals surface area contributed by atoms with E-state index in [1.807, 2.05) is 13.0 Å². The van der Waals surface area contributed by atoms with Crippen LogP contribution in [0.15, 0.2) is 48.5 Å². The molecule has 0 aliphatic heterocycles. The minimum absolute atomic E-state index is 0.323. The lowest BCUT2D eigenvalue weighted by atomic mass is 10.1. The van der Waals surface area contributed by atoms with Crippen LogP contribution in [0.1, 0.15) is 33.2 Å². The molecule has 0 saturated heterocycles. The van der Waals surface area contributed by atoms with E-state index in [0.717, 1.165) is 11.8 Å². The van der Waals surface area contributed by atoms with Crippen molar-refractivity contribution in [3.63, 3.8) is 0 Å². The zero-order valence-corrected chi connectivity index (χ0v) is 15.0. The lowest BCUT2D eigenvalue weighted by Gasteiger charge is -2.13. The van der Waals surface area contributed by atoms with Gasteiger partial charge in [0, 0.05) is 11.3 Å². The molecule has 2 aromatic carbocycles. The fourth-order valence-electron chi connectivity index (χ4n) is 2.21. The molecule has 0 amide bonds. The number of esters is 1. The summed E-state index contributed by atoms with van der Waals surface area (Å²) < 4.78 is 29.9. The first-order chi connectivity index (χ1) is 11.7. The van der Waals surface area contributed by atoms with E-state index in [1.54, 1.807) is 18.2 Å². The van der Waals surface area contributed by atoms with Crippen LogP contribution in [0.3, 0.4) is 0 Å². The molecule has 132 valence electrons. The van der Waals surface area contributed by atoms with Gasteiger partial charge in [0.15, 0.2) is 6.10 Å². The van der Waals surface area contributed by atoms with E-state index in [4.69, 9.17) is 4.74 Å². The van der Waals surface area contributed by atoms with Crippen molar-refractivity contribution in [3.05, 3.63) is 65.2 Å². The van der Waals surface area contributed by atoms with Crippen LogP contribution in [0, 0.1) is 6.92 Å². The van der Waals surface area contributed by atoms with Crippen molar-refractivity contribution in [2.75, 3.05) is 11.0 Å². The van der Waals surface area contributed by atoms with Gasteiger partial charge in [-0.2, -0.15) is 0 Å². The molecule has 2 rings (SSSR count). The molecule has 2 aromatic rings. The number of hydrogen-bond donors (Lipinski definition) is 1. The number of Topliss-reactive ketones (excluding diaryl/α,β-unsaturated/α-hetero) is 1. The Balaban J connectivity index is 2.05. The standard InChI is InChI=1S/C18H19NO5S/c1-12-5-4-6-15(11-12)18(21)24-13(2)17(20)14-7-9-16(10-8-14)19-25(3,22)23/h4-11,13,19H,1-3H3. The highest BCUT2D eigenvalue weighted by Gasteiger charge is 2.20. The van der Waals surface area contributed by atoms with Crippen molar-refractivity contribution in [3.8, 4) is 0 Å². The molecule has 0 radical (unpaired) electrons. The van der Waals surface area contributed by atoms with E-state index < -0.39 is 22.1 Å². The molecule has 0 aliphatic rings. The summed E-state index contributed by atoms with van der Waals surface area (Å²) >= 11 is 0. The number of ether oxygens (including phenoxy) is 1. The van der Waals surface area contributed by atoms with Gasteiger partial charge in [0.2, 0.25) is 15.8 Å². The highest BCUT2D eigenvalue weighted by Crippen LogP contribution is 2.14. The second-order valence-corrected chi connectivity index (χ2v) is 7.48. The summed E-state index contributed by atoms with van der Waals surface area (Å²) in [5, 5.41) is 0. The van der Waals surface area contributed by atoms with Gasteiger partial charge in [0.05, 0.1) is 11.8 Å². The van der Waals surface area contributed by atoms with Crippen molar-refractivity contribution < 1.29 is 22.7 Å². The maximum absolute atomic E-state index is 12.4. The van der Waals surface area contributed by atoms with Gasteiger partial charge in [-0.15, -0.1) is 0 Å². The second kappa shape index (κ2) is 7.48. The van der Waals surface area contributed by atoms with Gasteiger partial charge < -0.3 is 4.74 Å². The van der Waals surface area contributed by atoms with Gasteiger partial charge in [-0.25, -0.2) is 13.2 Å². The Morgan fingerprint density at radius 2 is 1.68 bits per heavy atom. The van der Waals surface area contributed by atoms with Gasteiger partial charge in [-0.1, -0.05) is 17.7 Å². The molecule has 0 aromatic heterocycles. The number of ketones is 1. The number of benzene rings is 2. The third kappa shape index (κ3) is 5.42. The molecule has 0 spiro atoms. The SMILES string of the molecule is Cc1cccc(C(=O)OC(C)C(=O)c2ccc(NS(C)(=O)=O)cc2)c1. The fourth-order valence-corrected chi connectivity index (χ4v) is 2.77. The first-order valence-corrected chi connectivity index (χ1v) is 9.44. The third-order valence-electron chi connectivity index (χ3n) is 3.38. The van der Waals surface area contributed by atoms with Crippen molar-refractivity contribution in [1.82, 2.24) is 0 Å². The molecule has 0 bridgehead atoms. The molecular formula is C18H19NO5S. The Kier molecular flexibility index (Phi) is 5.58. The smallest absolute Gasteiger partial charge is 0.338 e. The van der Waals surface area contributed by atoms with Crippen LogP contribution in [0.4, 0.5) is 5.69 Å². The first-order valence-electron chi connectivity index (χ1n) is 7.55. The molecule has 0 aliphatic carbocycles. The second-order valence-electron chi connectivity index (χ2n) is 5.73. The summed E-state index contributed by atoms with van der Waals surface area (Å²) in [4.78, 5) is 24.5. The number of anilines is 1. The van der Waals surface area contributed by atoms with Crippen LogP contribution in [0.25, 0.3) is 0 Å². The maximum atomic E-state index is 12.4. The lowest BCUT2D eigenvalue weighted by molar-refractivity contribution is 0.0318. The molecule has 6 nitrogen and oxygen atoms in total. The minimum atomic E-state index is -3.38. The van der Waals surface area contributed by atoms with E-state index in [1.165, 1.54) is 31.2 Å². The lowest BCUT2D eigenvalue weighted by Crippen LogP contribution is -2.24. The largest absolute Gasteiger partial charge is 0.451 e. The summed E-state index contributed by atoms with van der Waals surface area (Å²) in [6.45, 7) is 3.36.